The zero-order valence-corrected chi connectivity index (χ0v) is 36.9. The van der Waals surface area contributed by atoms with Gasteiger partial charge in [0.2, 0.25) is 5.91 Å². The summed E-state index contributed by atoms with van der Waals surface area (Å²) in [5.74, 6) is -0.546. The van der Waals surface area contributed by atoms with Crippen molar-refractivity contribution in [2.24, 2.45) is 0 Å². The predicted octanol–water partition coefficient (Wildman–Crippen LogP) is 13.6. The van der Waals surface area contributed by atoms with E-state index in [1.807, 2.05) is 18.2 Å². The molecule has 0 aliphatic heterocycles. The van der Waals surface area contributed by atoms with Gasteiger partial charge < -0.3 is 20.3 Å². The van der Waals surface area contributed by atoms with Crippen LogP contribution >= 0.6 is 0 Å². The van der Waals surface area contributed by atoms with Gasteiger partial charge in [0, 0.05) is 6.42 Å². The topological polar surface area (TPSA) is 95.9 Å². The molecule has 0 aliphatic carbocycles. The van der Waals surface area contributed by atoms with E-state index in [1.165, 1.54) is 57.8 Å². The first kappa shape index (κ1) is 54.0. The van der Waals surface area contributed by atoms with Crippen LogP contribution in [0.1, 0.15) is 201 Å². The molecule has 6 heteroatoms. The Morgan fingerprint density at radius 2 is 0.947 bits per heavy atom. The molecule has 1 amide bonds. The lowest BCUT2D eigenvalue weighted by Gasteiger charge is -2.24. The van der Waals surface area contributed by atoms with Gasteiger partial charge in [-0.2, -0.15) is 0 Å². The number of allylic oxidation sites excluding steroid dienone is 14. The standard InChI is InChI=1S/C51H87NO5/c1-4-7-10-13-16-19-21-23-24-25-27-28-31-33-36-39-42-47(57-51(56)44-41-38-35-32-29-26-22-20-17-14-11-8-5-2)45-50(55)52-48(46-53)49(54)43-40-37-34-30-18-15-12-9-6-3/h8,11,14,16-17,19-25,27-28,47-49,53-54H,4-7,9-10,12-13,15,18,26,29-46H2,1-3H3,(H,52,55)/b11-8+,17-14+,19-16+,22-20-,23-21+,25-24+,28-27+. The number of amides is 1. The minimum absolute atomic E-state index is 0.0384. The number of hydrogen-bond acceptors (Lipinski definition) is 5. The molecule has 0 heterocycles. The number of ether oxygens (including phenoxy) is 1. The van der Waals surface area contributed by atoms with Gasteiger partial charge in [-0.15, -0.1) is 0 Å². The van der Waals surface area contributed by atoms with Crippen LogP contribution in [0.4, 0.5) is 0 Å². The van der Waals surface area contributed by atoms with Gasteiger partial charge in [0.15, 0.2) is 0 Å². The van der Waals surface area contributed by atoms with Crippen molar-refractivity contribution in [3.8, 4) is 0 Å². The minimum Gasteiger partial charge on any atom is -0.462 e. The highest BCUT2D eigenvalue weighted by Gasteiger charge is 2.24. The van der Waals surface area contributed by atoms with E-state index in [1.54, 1.807) is 0 Å². The average Bonchev–Trinajstić information content (AvgIpc) is 3.20. The van der Waals surface area contributed by atoms with E-state index in [0.717, 1.165) is 96.3 Å². The van der Waals surface area contributed by atoms with Crippen molar-refractivity contribution < 1.29 is 24.5 Å². The van der Waals surface area contributed by atoms with Gasteiger partial charge in [0.1, 0.15) is 6.10 Å². The summed E-state index contributed by atoms with van der Waals surface area (Å²) in [6.45, 7) is 6.26. The van der Waals surface area contributed by atoms with Crippen molar-refractivity contribution >= 4 is 11.9 Å². The molecular formula is C51H87NO5. The second-order valence-electron chi connectivity index (χ2n) is 15.6. The van der Waals surface area contributed by atoms with E-state index in [9.17, 15) is 19.8 Å². The summed E-state index contributed by atoms with van der Waals surface area (Å²) in [6.07, 6.45) is 56.4. The number of esters is 1. The molecule has 0 saturated heterocycles. The highest BCUT2D eigenvalue weighted by atomic mass is 16.5. The molecule has 3 unspecified atom stereocenters. The maximum absolute atomic E-state index is 13.1. The summed E-state index contributed by atoms with van der Waals surface area (Å²) in [6, 6.07) is -0.721. The van der Waals surface area contributed by atoms with Gasteiger partial charge in [-0.25, -0.2) is 0 Å². The van der Waals surface area contributed by atoms with Crippen LogP contribution in [-0.4, -0.2) is 46.9 Å². The fraction of sp³-hybridized carbons (Fsp3) is 0.686. The van der Waals surface area contributed by atoms with Gasteiger partial charge in [-0.3, -0.25) is 9.59 Å². The van der Waals surface area contributed by atoms with Crippen LogP contribution in [-0.2, 0) is 14.3 Å². The number of hydrogen-bond donors (Lipinski definition) is 3. The normalized spacial score (nSPS) is 14.1. The molecule has 0 saturated carbocycles. The summed E-state index contributed by atoms with van der Waals surface area (Å²) >= 11 is 0. The molecule has 0 rings (SSSR count). The summed E-state index contributed by atoms with van der Waals surface area (Å²) in [5.41, 5.74) is 0. The van der Waals surface area contributed by atoms with Gasteiger partial charge in [0.25, 0.3) is 0 Å². The quantitative estimate of drug-likeness (QED) is 0.0326. The Morgan fingerprint density at radius 3 is 1.49 bits per heavy atom. The zero-order valence-electron chi connectivity index (χ0n) is 36.9. The Hall–Kier alpha value is -2.96. The van der Waals surface area contributed by atoms with E-state index in [-0.39, 0.29) is 24.9 Å². The molecule has 0 aromatic heterocycles. The van der Waals surface area contributed by atoms with Crippen molar-refractivity contribution in [3.63, 3.8) is 0 Å². The lowest BCUT2D eigenvalue weighted by Crippen LogP contribution is -2.46. The minimum atomic E-state index is -0.804. The first-order valence-electron chi connectivity index (χ1n) is 23.4. The maximum atomic E-state index is 13.1. The summed E-state index contributed by atoms with van der Waals surface area (Å²) in [7, 11) is 0. The Kier molecular flexibility index (Phi) is 41.9. The van der Waals surface area contributed by atoms with Gasteiger partial charge in [0.05, 0.1) is 25.2 Å². The average molecular weight is 794 g/mol. The number of unbranched alkanes of at least 4 members (excludes halogenated alkanes) is 19. The molecule has 0 fully saturated rings. The molecule has 326 valence electrons. The Labute approximate surface area is 351 Å². The number of nitrogens with one attached hydrogen (secondary N) is 1. The number of carbonyl (C=O) groups excluding carboxylic acids is 2. The van der Waals surface area contributed by atoms with Crippen molar-refractivity contribution in [1.29, 1.82) is 0 Å². The molecule has 3 atom stereocenters. The second-order valence-corrected chi connectivity index (χ2v) is 15.6. The van der Waals surface area contributed by atoms with E-state index in [0.29, 0.717) is 19.3 Å². The molecule has 0 radical (unpaired) electrons. The summed E-state index contributed by atoms with van der Waals surface area (Å²) < 4.78 is 5.88. The van der Waals surface area contributed by atoms with Crippen LogP contribution in [0.25, 0.3) is 0 Å². The molecule has 3 N–H and O–H groups in total. The number of aliphatic hydroxyl groups is 2. The highest BCUT2D eigenvalue weighted by Crippen LogP contribution is 2.16. The van der Waals surface area contributed by atoms with E-state index in [4.69, 9.17) is 4.74 Å². The smallest absolute Gasteiger partial charge is 0.306 e. The van der Waals surface area contributed by atoms with Gasteiger partial charge in [-0.05, 0) is 70.6 Å². The van der Waals surface area contributed by atoms with E-state index < -0.39 is 18.2 Å². The van der Waals surface area contributed by atoms with Crippen molar-refractivity contribution in [2.45, 2.75) is 219 Å². The van der Waals surface area contributed by atoms with Gasteiger partial charge in [-0.1, -0.05) is 202 Å². The Balaban J connectivity index is 4.76. The molecular weight excluding hydrogens is 707 g/mol. The molecule has 0 bridgehead atoms. The fourth-order valence-corrected chi connectivity index (χ4v) is 6.56. The molecule has 0 spiro atoms. The third-order valence-electron chi connectivity index (χ3n) is 10.1. The molecule has 0 aliphatic rings. The molecule has 57 heavy (non-hydrogen) atoms. The van der Waals surface area contributed by atoms with Crippen LogP contribution in [0.15, 0.2) is 85.1 Å². The van der Waals surface area contributed by atoms with Crippen LogP contribution in [0.2, 0.25) is 0 Å². The number of carbonyl (C=O) groups is 2. The van der Waals surface area contributed by atoms with Crippen molar-refractivity contribution in [3.05, 3.63) is 85.1 Å². The van der Waals surface area contributed by atoms with Gasteiger partial charge >= 0.3 is 5.97 Å². The lowest BCUT2D eigenvalue weighted by molar-refractivity contribution is -0.151. The van der Waals surface area contributed by atoms with Crippen LogP contribution < -0.4 is 5.32 Å². The number of aliphatic hydroxyl groups excluding tert-OH is 2. The lowest BCUT2D eigenvalue weighted by atomic mass is 10.0. The first-order valence-corrected chi connectivity index (χ1v) is 23.4. The SMILES string of the molecule is CC/C=C/C=C/C=C\CCCCCCCC(=O)OC(CCCCC/C=C/C=C/C=C/C=C/CCCCC)CC(=O)NC(CO)C(O)CCCCCCCCCCC. The third kappa shape index (κ3) is 39.6. The van der Waals surface area contributed by atoms with Crippen LogP contribution in [0, 0.1) is 0 Å². The fourth-order valence-electron chi connectivity index (χ4n) is 6.56. The summed E-state index contributed by atoms with van der Waals surface area (Å²) in [4.78, 5) is 26.0. The number of rotatable bonds is 40. The first-order chi connectivity index (χ1) is 28.0. The Bertz CT molecular complexity index is 1120. The molecule has 6 nitrogen and oxygen atoms in total. The van der Waals surface area contributed by atoms with E-state index in [2.05, 4.69) is 92.9 Å². The predicted molar refractivity (Wildman–Crippen MR) is 245 cm³/mol. The Morgan fingerprint density at radius 1 is 0.526 bits per heavy atom. The monoisotopic (exact) mass is 794 g/mol. The van der Waals surface area contributed by atoms with E-state index >= 15 is 0 Å². The molecule has 0 aromatic rings. The zero-order chi connectivity index (χ0) is 41.7. The van der Waals surface area contributed by atoms with Crippen molar-refractivity contribution in [1.82, 2.24) is 5.32 Å². The third-order valence-corrected chi connectivity index (χ3v) is 10.1. The second kappa shape index (κ2) is 44.1. The largest absolute Gasteiger partial charge is 0.462 e. The van der Waals surface area contributed by atoms with Crippen LogP contribution in [0.3, 0.4) is 0 Å². The van der Waals surface area contributed by atoms with Crippen molar-refractivity contribution in [2.75, 3.05) is 6.61 Å². The maximum Gasteiger partial charge on any atom is 0.306 e. The molecule has 0 aromatic carbocycles. The van der Waals surface area contributed by atoms with Crippen LogP contribution in [0.5, 0.6) is 0 Å². The summed E-state index contributed by atoms with van der Waals surface area (Å²) in [5, 5.41) is 23.6. The highest BCUT2D eigenvalue weighted by molar-refractivity contribution is 5.77.